The van der Waals surface area contributed by atoms with Crippen molar-refractivity contribution >= 4 is 0 Å². The van der Waals surface area contributed by atoms with Crippen LogP contribution in [0.15, 0.2) is 30.3 Å². The molecule has 0 spiro atoms. The Morgan fingerprint density at radius 1 is 1.23 bits per heavy atom. The number of ether oxygens (including phenoxy) is 1. The van der Waals surface area contributed by atoms with Crippen LogP contribution < -0.4 is 0 Å². The molecule has 2 rings (SSSR count). The van der Waals surface area contributed by atoms with Gasteiger partial charge in [-0.15, -0.1) is 0 Å². The molecule has 1 aliphatic rings. The fraction of sp³-hybridized carbons (Fsp3) is 0.684. The van der Waals surface area contributed by atoms with Crippen LogP contribution in [-0.4, -0.2) is 61.3 Å². The molecule has 22 heavy (non-hydrogen) atoms. The number of hydrogen-bond acceptors (Lipinski definition) is 3. The predicted molar refractivity (Wildman–Crippen MR) is 93.3 cm³/mol. The van der Waals surface area contributed by atoms with E-state index in [1.807, 2.05) is 0 Å². The van der Waals surface area contributed by atoms with Crippen LogP contribution in [0.3, 0.4) is 0 Å². The van der Waals surface area contributed by atoms with Crippen LogP contribution in [0.1, 0.15) is 32.8 Å². The molecule has 1 aliphatic heterocycles. The topological polar surface area (TPSA) is 15.7 Å². The first-order valence-corrected chi connectivity index (χ1v) is 8.80. The predicted octanol–water partition coefficient (Wildman–Crippen LogP) is 3.05. The average Bonchev–Trinajstić information content (AvgIpc) is 2.55. The molecule has 0 aliphatic carbocycles. The minimum Gasteiger partial charge on any atom is -0.380 e. The molecule has 0 unspecified atom stereocenters. The number of nitrogens with zero attached hydrogens (tertiary/aromatic N) is 2. The minimum atomic E-state index is 0.633. The summed E-state index contributed by atoms with van der Waals surface area (Å²) in [6.07, 6.45) is 2.43. The van der Waals surface area contributed by atoms with E-state index in [9.17, 15) is 0 Å². The highest BCUT2D eigenvalue weighted by Crippen LogP contribution is 2.15. The van der Waals surface area contributed by atoms with Gasteiger partial charge in [0.25, 0.3) is 0 Å². The molecule has 3 nitrogen and oxygen atoms in total. The van der Waals surface area contributed by atoms with E-state index in [0.29, 0.717) is 12.1 Å². The Hall–Kier alpha value is -0.900. The van der Waals surface area contributed by atoms with E-state index in [-0.39, 0.29) is 0 Å². The normalized spacial score (nSPS) is 21.9. The van der Waals surface area contributed by atoms with Gasteiger partial charge in [-0.05, 0) is 39.2 Å². The quantitative estimate of drug-likeness (QED) is 0.687. The van der Waals surface area contributed by atoms with Crippen LogP contribution in [0, 0.1) is 0 Å². The second-order valence-corrected chi connectivity index (χ2v) is 6.45. The van der Waals surface area contributed by atoms with Gasteiger partial charge in [-0.1, -0.05) is 30.3 Å². The van der Waals surface area contributed by atoms with Crippen LogP contribution in [-0.2, 0) is 11.2 Å². The standard InChI is InChI=1S/C19H32N2O/c1-4-22-15-14-20-12-13-21(16-18(20)3)17(2)10-11-19-8-6-5-7-9-19/h5-9,17-18H,4,10-16H2,1-3H3/t17-,18-/m0/s1. The maximum absolute atomic E-state index is 5.49. The van der Waals surface area contributed by atoms with E-state index in [1.54, 1.807) is 0 Å². The number of aryl methyl sites for hydroxylation is 1. The Labute approximate surface area is 136 Å². The van der Waals surface area contributed by atoms with Crippen LogP contribution in [0.4, 0.5) is 0 Å². The summed E-state index contributed by atoms with van der Waals surface area (Å²) in [4.78, 5) is 5.22. The van der Waals surface area contributed by atoms with Gasteiger partial charge in [0.1, 0.15) is 0 Å². The molecule has 1 aromatic rings. The summed E-state index contributed by atoms with van der Waals surface area (Å²) in [5, 5.41) is 0. The van der Waals surface area contributed by atoms with E-state index < -0.39 is 0 Å². The second kappa shape index (κ2) is 9.29. The molecular weight excluding hydrogens is 272 g/mol. The summed E-state index contributed by atoms with van der Waals surface area (Å²) in [5.74, 6) is 0. The third-order valence-electron chi connectivity index (χ3n) is 4.84. The first kappa shape index (κ1) is 17.5. The average molecular weight is 304 g/mol. The Balaban J connectivity index is 1.72. The Morgan fingerprint density at radius 3 is 2.68 bits per heavy atom. The van der Waals surface area contributed by atoms with Gasteiger partial charge in [0.15, 0.2) is 0 Å². The molecule has 1 aromatic carbocycles. The molecule has 1 saturated heterocycles. The molecule has 0 N–H and O–H groups in total. The SMILES string of the molecule is CCOCCN1CCN([C@@H](C)CCc2ccccc2)C[C@@H]1C. The lowest BCUT2D eigenvalue weighted by molar-refractivity contribution is 0.0338. The van der Waals surface area contributed by atoms with Crippen molar-refractivity contribution in [2.24, 2.45) is 0 Å². The first-order valence-electron chi connectivity index (χ1n) is 8.80. The summed E-state index contributed by atoms with van der Waals surface area (Å²) in [5.41, 5.74) is 1.46. The van der Waals surface area contributed by atoms with Gasteiger partial charge in [0.05, 0.1) is 6.61 Å². The van der Waals surface area contributed by atoms with Crippen LogP contribution in [0.2, 0.25) is 0 Å². The highest BCUT2D eigenvalue weighted by molar-refractivity contribution is 5.14. The van der Waals surface area contributed by atoms with E-state index in [1.165, 1.54) is 38.0 Å². The molecule has 0 aromatic heterocycles. The smallest absolute Gasteiger partial charge is 0.0593 e. The van der Waals surface area contributed by atoms with Gasteiger partial charge < -0.3 is 4.74 Å². The third kappa shape index (κ3) is 5.38. The zero-order chi connectivity index (χ0) is 15.8. The highest BCUT2D eigenvalue weighted by Gasteiger charge is 2.25. The fourth-order valence-corrected chi connectivity index (χ4v) is 3.28. The zero-order valence-corrected chi connectivity index (χ0v) is 14.5. The van der Waals surface area contributed by atoms with Crippen molar-refractivity contribution in [1.29, 1.82) is 0 Å². The lowest BCUT2D eigenvalue weighted by Gasteiger charge is -2.42. The van der Waals surface area contributed by atoms with Crippen LogP contribution in [0.5, 0.6) is 0 Å². The number of benzene rings is 1. The van der Waals surface area contributed by atoms with Crippen molar-refractivity contribution in [2.75, 3.05) is 39.4 Å². The van der Waals surface area contributed by atoms with Gasteiger partial charge in [-0.25, -0.2) is 0 Å². The maximum atomic E-state index is 5.49. The third-order valence-corrected chi connectivity index (χ3v) is 4.84. The van der Waals surface area contributed by atoms with E-state index in [2.05, 4.69) is 60.9 Å². The molecule has 1 heterocycles. The molecular formula is C19H32N2O. The van der Waals surface area contributed by atoms with Gasteiger partial charge in [-0.2, -0.15) is 0 Å². The van der Waals surface area contributed by atoms with Crippen molar-refractivity contribution in [3.8, 4) is 0 Å². The number of rotatable bonds is 8. The van der Waals surface area contributed by atoms with E-state index in [4.69, 9.17) is 4.74 Å². The summed E-state index contributed by atoms with van der Waals surface area (Å²) in [6, 6.07) is 12.1. The van der Waals surface area contributed by atoms with Gasteiger partial charge in [0.2, 0.25) is 0 Å². The molecule has 0 amide bonds. The highest BCUT2D eigenvalue weighted by atomic mass is 16.5. The lowest BCUT2D eigenvalue weighted by Crippen LogP contribution is -2.54. The Bertz CT molecular complexity index is 409. The Morgan fingerprint density at radius 2 is 2.00 bits per heavy atom. The first-order chi connectivity index (χ1) is 10.7. The minimum absolute atomic E-state index is 0.633. The molecule has 0 saturated carbocycles. The van der Waals surface area contributed by atoms with Gasteiger partial charge in [-0.3, -0.25) is 9.80 Å². The molecule has 0 radical (unpaired) electrons. The number of hydrogen-bond donors (Lipinski definition) is 0. The molecule has 2 atom stereocenters. The van der Waals surface area contributed by atoms with Crippen molar-refractivity contribution in [1.82, 2.24) is 9.80 Å². The largest absolute Gasteiger partial charge is 0.380 e. The van der Waals surface area contributed by atoms with Crippen molar-refractivity contribution in [3.63, 3.8) is 0 Å². The number of piperazine rings is 1. The zero-order valence-electron chi connectivity index (χ0n) is 14.5. The molecule has 1 fully saturated rings. The van der Waals surface area contributed by atoms with E-state index in [0.717, 1.165) is 19.8 Å². The monoisotopic (exact) mass is 304 g/mol. The second-order valence-electron chi connectivity index (χ2n) is 6.45. The van der Waals surface area contributed by atoms with Gasteiger partial charge in [0, 0.05) is 44.9 Å². The van der Waals surface area contributed by atoms with Crippen molar-refractivity contribution in [3.05, 3.63) is 35.9 Å². The fourth-order valence-electron chi connectivity index (χ4n) is 3.28. The van der Waals surface area contributed by atoms with Gasteiger partial charge >= 0.3 is 0 Å². The van der Waals surface area contributed by atoms with Crippen molar-refractivity contribution in [2.45, 2.75) is 45.7 Å². The van der Waals surface area contributed by atoms with Crippen LogP contribution in [0.25, 0.3) is 0 Å². The Kier molecular flexibility index (Phi) is 7.37. The summed E-state index contributed by atoms with van der Waals surface area (Å²) < 4.78 is 5.49. The summed E-state index contributed by atoms with van der Waals surface area (Å²) >= 11 is 0. The molecule has 0 bridgehead atoms. The van der Waals surface area contributed by atoms with E-state index >= 15 is 0 Å². The molecule has 124 valence electrons. The molecule has 3 heteroatoms. The summed E-state index contributed by atoms with van der Waals surface area (Å²) in [6.45, 7) is 13.1. The summed E-state index contributed by atoms with van der Waals surface area (Å²) in [7, 11) is 0. The lowest BCUT2D eigenvalue weighted by atomic mass is 10.0. The van der Waals surface area contributed by atoms with Crippen LogP contribution >= 0.6 is 0 Å². The maximum Gasteiger partial charge on any atom is 0.0593 e. The van der Waals surface area contributed by atoms with Crippen molar-refractivity contribution < 1.29 is 4.74 Å².